The molecule has 0 aromatic heterocycles. The Morgan fingerprint density at radius 3 is 2.57 bits per heavy atom. The van der Waals surface area contributed by atoms with Gasteiger partial charge in [0.15, 0.2) is 6.10 Å². The van der Waals surface area contributed by atoms with Gasteiger partial charge in [0.05, 0.1) is 11.0 Å². The average Bonchev–Trinajstić information content (AvgIpc) is 2.38. The summed E-state index contributed by atoms with van der Waals surface area (Å²) in [6, 6.07) is 5.05. The molecule has 0 heterocycles. The van der Waals surface area contributed by atoms with E-state index in [2.05, 4.69) is 26.6 Å². The fourth-order valence-corrected chi connectivity index (χ4v) is 2.28. The highest BCUT2D eigenvalue weighted by molar-refractivity contribution is 9.10. The molecule has 2 N–H and O–H groups in total. The van der Waals surface area contributed by atoms with Gasteiger partial charge in [-0.05, 0) is 54.9 Å². The van der Waals surface area contributed by atoms with Crippen molar-refractivity contribution in [3.63, 3.8) is 0 Å². The summed E-state index contributed by atoms with van der Waals surface area (Å²) < 4.78 is 6.19. The largest absolute Gasteiger partial charge is 0.480 e. The van der Waals surface area contributed by atoms with Crippen molar-refractivity contribution in [2.24, 2.45) is 0 Å². The van der Waals surface area contributed by atoms with Crippen molar-refractivity contribution in [1.29, 1.82) is 0 Å². The summed E-state index contributed by atoms with van der Waals surface area (Å²) in [5.41, 5.74) is 0. The second kappa shape index (κ2) is 8.24. The van der Waals surface area contributed by atoms with Crippen LogP contribution in [0.2, 0.25) is 5.02 Å². The van der Waals surface area contributed by atoms with Crippen LogP contribution in [0.1, 0.15) is 20.8 Å². The number of hydrogen-bond acceptors (Lipinski definition) is 3. The lowest BCUT2D eigenvalue weighted by Crippen LogP contribution is -2.43. The van der Waals surface area contributed by atoms with Crippen LogP contribution in [0.4, 0.5) is 0 Å². The zero-order valence-electron chi connectivity index (χ0n) is 12.1. The third kappa shape index (κ3) is 6.35. The third-order valence-corrected chi connectivity index (χ3v) is 3.29. The molecule has 1 unspecified atom stereocenters. The highest BCUT2D eigenvalue weighted by Gasteiger charge is 2.17. The van der Waals surface area contributed by atoms with Gasteiger partial charge in [-0.2, -0.15) is 0 Å². The molecule has 21 heavy (non-hydrogen) atoms. The summed E-state index contributed by atoms with van der Waals surface area (Å²) in [4.78, 5) is 23.3. The SMILES string of the molecule is CC(C)NC(=O)CNC(=O)C(C)Oc1ccc(Cl)cc1Br. The fraction of sp³-hybridized carbons (Fsp3) is 0.429. The maximum atomic E-state index is 11.9. The van der Waals surface area contributed by atoms with E-state index in [0.29, 0.717) is 15.2 Å². The van der Waals surface area contributed by atoms with Gasteiger partial charge in [0.25, 0.3) is 5.91 Å². The first-order valence-electron chi connectivity index (χ1n) is 6.48. The minimum atomic E-state index is -0.727. The van der Waals surface area contributed by atoms with E-state index in [1.807, 2.05) is 13.8 Å². The Kier molecular flexibility index (Phi) is 6.98. The molecule has 116 valence electrons. The molecule has 1 rings (SSSR count). The molecule has 7 heteroatoms. The normalized spacial score (nSPS) is 11.9. The molecule has 0 bridgehead atoms. The first-order chi connectivity index (χ1) is 9.79. The maximum absolute atomic E-state index is 11.9. The Labute approximate surface area is 137 Å². The second-order valence-corrected chi connectivity index (χ2v) is 6.07. The minimum Gasteiger partial charge on any atom is -0.480 e. The number of rotatable bonds is 6. The van der Waals surface area contributed by atoms with Crippen LogP contribution >= 0.6 is 27.5 Å². The molecule has 1 aromatic carbocycles. The molecule has 0 fully saturated rings. The summed E-state index contributed by atoms with van der Waals surface area (Å²) in [5.74, 6) is -0.0948. The second-order valence-electron chi connectivity index (χ2n) is 4.77. The van der Waals surface area contributed by atoms with Crippen LogP contribution in [-0.2, 0) is 9.59 Å². The van der Waals surface area contributed by atoms with Gasteiger partial charge in [-0.1, -0.05) is 11.6 Å². The molecule has 0 aliphatic rings. The Morgan fingerprint density at radius 1 is 1.33 bits per heavy atom. The predicted molar refractivity (Wildman–Crippen MR) is 85.5 cm³/mol. The zero-order valence-corrected chi connectivity index (χ0v) is 14.4. The van der Waals surface area contributed by atoms with Gasteiger partial charge in [0, 0.05) is 11.1 Å². The summed E-state index contributed by atoms with van der Waals surface area (Å²) in [5, 5.41) is 5.77. The van der Waals surface area contributed by atoms with Crippen LogP contribution < -0.4 is 15.4 Å². The van der Waals surface area contributed by atoms with Crippen molar-refractivity contribution in [3.8, 4) is 5.75 Å². The summed E-state index contributed by atoms with van der Waals surface area (Å²) in [6.07, 6.45) is -0.727. The van der Waals surface area contributed by atoms with Crippen molar-refractivity contribution in [1.82, 2.24) is 10.6 Å². The standard InChI is InChI=1S/C14H18BrClN2O3/c1-8(2)18-13(19)7-17-14(20)9(3)21-12-5-4-10(16)6-11(12)15/h4-6,8-9H,7H2,1-3H3,(H,17,20)(H,18,19). The summed E-state index contributed by atoms with van der Waals surface area (Å²) in [7, 11) is 0. The van der Waals surface area contributed by atoms with Gasteiger partial charge in [-0.15, -0.1) is 0 Å². The number of carbonyl (C=O) groups excluding carboxylic acids is 2. The summed E-state index contributed by atoms with van der Waals surface area (Å²) in [6.45, 7) is 5.23. The summed E-state index contributed by atoms with van der Waals surface area (Å²) >= 11 is 9.14. The van der Waals surface area contributed by atoms with Crippen molar-refractivity contribution in [2.45, 2.75) is 32.9 Å². The number of hydrogen-bond donors (Lipinski definition) is 2. The van der Waals surface area contributed by atoms with Gasteiger partial charge in [-0.3, -0.25) is 9.59 Å². The Hall–Kier alpha value is -1.27. The molecule has 0 spiro atoms. The predicted octanol–water partition coefficient (Wildman–Crippen LogP) is 2.51. The van der Waals surface area contributed by atoms with Crippen LogP contribution in [0.25, 0.3) is 0 Å². The average molecular weight is 378 g/mol. The van der Waals surface area contributed by atoms with E-state index in [4.69, 9.17) is 16.3 Å². The lowest BCUT2D eigenvalue weighted by atomic mass is 10.3. The fourth-order valence-electron chi connectivity index (χ4n) is 1.50. The molecule has 1 atom stereocenters. The van der Waals surface area contributed by atoms with Crippen LogP contribution in [-0.4, -0.2) is 30.5 Å². The highest BCUT2D eigenvalue weighted by atomic mass is 79.9. The lowest BCUT2D eigenvalue weighted by molar-refractivity contribution is -0.130. The van der Waals surface area contributed by atoms with E-state index < -0.39 is 6.10 Å². The monoisotopic (exact) mass is 376 g/mol. The number of amides is 2. The topological polar surface area (TPSA) is 67.4 Å². The van der Waals surface area contributed by atoms with Gasteiger partial charge in [0.2, 0.25) is 5.91 Å². The molecule has 0 saturated heterocycles. The van der Waals surface area contributed by atoms with Crippen molar-refractivity contribution in [3.05, 3.63) is 27.7 Å². The molecule has 2 amide bonds. The first-order valence-corrected chi connectivity index (χ1v) is 7.65. The Bertz CT molecular complexity index is 523. The van der Waals surface area contributed by atoms with E-state index in [-0.39, 0.29) is 24.4 Å². The van der Waals surface area contributed by atoms with Crippen molar-refractivity contribution >= 4 is 39.3 Å². The van der Waals surface area contributed by atoms with Gasteiger partial charge < -0.3 is 15.4 Å². The van der Waals surface area contributed by atoms with Crippen LogP contribution in [0.3, 0.4) is 0 Å². The van der Waals surface area contributed by atoms with Crippen LogP contribution in [0, 0.1) is 0 Å². The number of carbonyl (C=O) groups is 2. The molecule has 1 aromatic rings. The molecule has 0 radical (unpaired) electrons. The van der Waals surface area contributed by atoms with Gasteiger partial charge >= 0.3 is 0 Å². The molecular weight excluding hydrogens is 360 g/mol. The molecule has 0 aliphatic carbocycles. The quantitative estimate of drug-likeness (QED) is 0.800. The number of nitrogens with one attached hydrogen (secondary N) is 2. The van der Waals surface area contributed by atoms with E-state index in [1.165, 1.54) is 0 Å². The van der Waals surface area contributed by atoms with E-state index in [9.17, 15) is 9.59 Å². The van der Waals surface area contributed by atoms with E-state index in [0.717, 1.165) is 0 Å². The van der Waals surface area contributed by atoms with E-state index in [1.54, 1.807) is 25.1 Å². The van der Waals surface area contributed by atoms with Gasteiger partial charge in [-0.25, -0.2) is 0 Å². The van der Waals surface area contributed by atoms with E-state index >= 15 is 0 Å². The van der Waals surface area contributed by atoms with Crippen molar-refractivity contribution in [2.75, 3.05) is 6.54 Å². The number of benzene rings is 1. The van der Waals surface area contributed by atoms with Gasteiger partial charge in [0.1, 0.15) is 5.75 Å². The van der Waals surface area contributed by atoms with Crippen LogP contribution in [0.15, 0.2) is 22.7 Å². The minimum absolute atomic E-state index is 0.0353. The first kappa shape index (κ1) is 17.8. The number of halogens is 2. The molecule has 0 saturated carbocycles. The molecule has 0 aliphatic heterocycles. The van der Waals surface area contributed by atoms with Crippen LogP contribution in [0.5, 0.6) is 5.75 Å². The molecule has 5 nitrogen and oxygen atoms in total. The maximum Gasteiger partial charge on any atom is 0.261 e. The molecular formula is C14H18BrClN2O3. The lowest BCUT2D eigenvalue weighted by Gasteiger charge is -2.16. The Morgan fingerprint density at radius 2 is 2.00 bits per heavy atom. The third-order valence-electron chi connectivity index (χ3n) is 2.44. The zero-order chi connectivity index (χ0) is 16.0. The van der Waals surface area contributed by atoms with Crippen molar-refractivity contribution < 1.29 is 14.3 Å². The number of ether oxygens (including phenoxy) is 1. The Balaban J connectivity index is 2.49. The smallest absolute Gasteiger partial charge is 0.261 e. The highest BCUT2D eigenvalue weighted by Crippen LogP contribution is 2.28.